The molecule has 6 heteroatoms. The summed E-state index contributed by atoms with van der Waals surface area (Å²) in [6.07, 6.45) is 0.594. The fourth-order valence-corrected chi connectivity index (χ4v) is 0.485. The Bertz CT molecular complexity index is 125. The molecule has 0 radical (unpaired) electrons. The minimum atomic E-state index is -1.19. The van der Waals surface area contributed by atoms with Gasteiger partial charge in [-0.15, -0.1) is 0 Å². The van der Waals surface area contributed by atoms with Crippen molar-refractivity contribution in [3.05, 3.63) is 0 Å². The summed E-state index contributed by atoms with van der Waals surface area (Å²) >= 11 is 0. The molecule has 86 valence electrons. The van der Waals surface area contributed by atoms with Gasteiger partial charge in [-0.2, -0.15) is 0 Å². The average Bonchev–Trinajstić information content (AvgIpc) is 2.23. The number of carbonyl (C=O) groups is 1. The van der Waals surface area contributed by atoms with E-state index in [9.17, 15) is 0 Å². The molecular formula is C8H18O6. The smallest absolute Gasteiger partial charge is 0.329 e. The predicted molar refractivity (Wildman–Crippen MR) is 48.7 cm³/mol. The molecule has 0 saturated carbocycles. The molecule has 6 nitrogen and oxygen atoms in total. The molecule has 0 aliphatic rings. The molecule has 14 heavy (non-hydrogen) atoms. The average molecular weight is 210 g/mol. The summed E-state index contributed by atoms with van der Waals surface area (Å²) in [5.41, 5.74) is -0.667. The third-order valence-electron chi connectivity index (χ3n) is 1.89. The highest BCUT2D eigenvalue weighted by molar-refractivity contribution is 5.67. The molecular weight excluding hydrogens is 192 g/mol. The lowest BCUT2D eigenvalue weighted by Crippen LogP contribution is -2.32. The zero-order chi connectivity index (χ0) is 11.6. The topological polar surface area (TPSA) is 118 Å². The van der Waals surface area contributed by atoms with Gasteiger partial charge in [-0.1, -0.05) is 6.92 Å². The second kappa shape index (κ2) is 8.89. The highest BCUT2D eigenvalue weighted by Gasteiger charge is 2.24. The van der Waals surface area contributed by atoms with E-state index in [4.69, 9.17) is 30.3 Å². The molecule has 0 spiro atoms. The Labute approximate surface area is 82.4 Å². The van der Waals surface area contributed by atoms with Crippen LogP contribution in [0.15, 0.2) is 0 Å². The quantitative estimate of drug-likeness (QED) is 0.374. The van der Waals surface area contributed by atoms with Gasteiger partial charge in [-0.3, -0.25) is 0 Å². The van der Waals surface area contributed by atoms with Gasteiger partial charge in [0.15, 0.2) is 0 Å². The standard InChI is InChI=1S/C6H14O3.C2H4O3/c1-2-6(3-7,4-8)5-9;3-1-2(4)5/h7-9H,2-5H2,1H3;3H,1H2,(H,4,5). The van der Waals surface area contributed by atoms with E-state index >= 15 is 0 Å². The number of hydrogen-bond donors (Lipinski definition) is 5. The maximum absolute atomic E-state index is 9.12. The molecule has 0 saturated heterocycles. The van der Waals surface area contributed by atoms with Crippen LogP contribution in [0.1, 0.15) is 13.3 Å². The molecule has 0 bridgehead atoms. The van der Waals surface area contributed by atoms with Crippen LogP contribution in [0.2, 0.25) is 0 Å². The molecule has 0 aliphatic carbocycles. The fourth-order valence-electron chi connectivity index (χ4n) is 0.485. The first-order valence-electron chi connectivity index (χ1n) is 4.17. The Morgan fingerprint density at radius 3 is 1.36 bits per heavy atom. The highest BCUT2D eigenvalue weighted by atomic mass is 16.4. The van der Waals surface area contributed by atoms with Gasteiger partial charge >= 0.3 is 5.97 Å². The Morgan fingerprint density at radius 1 is 1.07 bits per heavy atom. The van der Waals surface area contributed by atoms with Crippen molar-refractivity contribution in [1.29, 1.82) is 0 Å². The largest absolute Gasteiger partial charge is 0.480 e. The van der Waals surface area contributed by atoms with Crippen molar-refractivity contribution in [2.45, 2.75) is 13.3 Å². The summed E-state index contributed by atoms with van der Waals surface area (Å²) in [7, 11) is 0. The van der Waals surface area contributed by atoms with Gasteiger partial charge in [0.25, 0.3) is 0 Å². The summed E-state index contributed by atoms with van der Waals surface area (Å²) < 4.78 is 0. The maximum atomic E-state index is 9.12. The van der Waals surface area contributed by atoms with E-state index in [1.165, 1.54) is 0 Å². The summed E-state index contributed by atoms with van der Waals surface area (Å²) in [6, 6.07) is 0. The number of carboxylic acids is 1. The number of carboxylic acid groups (broad SMARTS) is 1. The molecule has 5 N–H and O–H groups in total. The zero-order valence-electron chi connectivity index (χ0n) is 8.18. The van der Waals surface area contributed by atoms with Crippen LogP contribution >= 0.6 is 0 Å². The second-order valence-corrected chi connectivity index (χ2v) is 2.88. The summed E-state index contributed by atoms with van der Waals surface area (Å²) in [5.74, 6) is -1.19. The van der Waals surface area contributed by atoms with Gasteiger partial charge in [0.1, 0.15) is 6.61 Å². The van der Waals surface area contributed by atoms with Crippen molar-refractivity contribution < 1.29 is 30.3 Å². The van der Waals surface area contributed by atoms with Crippen LogP contribution in [0.4, 0.5) is 0 Å². The van der Waals surface area contributed by atoms with Crippen LogP contribution in [-0.2, 0) is 4.79 Å². The first-order chi connectivity index (χ1) is 6.51. The third kappa shape index (κ3) is 6.79. The van der Waals surface area contributed by atoms with E-state index in [0.29, 0.717) is 6.42 Å². The molecule has 0 atom stereocenters. The number of aliphatic carboxylic acids is 1. The van der Waals surface area contributed by atoms with Gasteiger partial charge in [-0.25, -0.2) is 4.79 Å². The third-order valence-corrected chi connectivity index (χ3v) is 1.89. The van der Waals surface area contributed by atoms with Crippen molar-refractivity contribution in [3.8, 4) is 0 Å². The van der Waals surface area contributed by atoms with Crippen molar-refractivity contribution in [2.75, 3.05) is 26.4 Å². The summed E-state index contributed by atoms with van der Waals surface area (Å²) in [4.78, 5) is 9.12. The Balaban J connectivity index is 0. The number of hydrogen-bond acceptors (Lipinski definition) is 5. The van der Waals surface area contributed by atoms with Gasteiger partial charge in [0.05, 0.1) is 19.8 Å². The van der Waals surface area contributed by atoms with Crippen molar-refractivity contribution in [2.24, 2.45) is 5.41 Å². The van der Waals surface area contributed by atoms with E-state index in [1.807, 2.05) is 6.92 Å². The molecule has 0 aliphatic heterocycles. The lowest BCUT2D eigenvalue weighted by molar-refractivity contribution is -0.140. The van der Waals surface area contributed by atoms with Gasteiger partial charge in [0.2, 0.25) is 0 Å². The summed E-state index contributed by atoms with van der Waals surface area (Å²) in [6.45, 7) is 0.576. The lowest BCUT2D eigenvalue weighted by atomic mass is 9.88. The van der Waals surface area contributed by atoms with Gasteiger partial charge in [0, 0.05) is 5.41 Å². The van der Waals surface area contributed by atoms with Crippen LogP contribution in [0.3, 0.4) is 0 Å². The zero-order valence-corrected chi connectivity index (χ0v) is 8.18. The fraction of sp³-hybridized carbons (Fsp3) is 0.875. The van der Waals surface area contributed by atoms with Crippen LogP contribution in [0.25, 0.3) is 0 Å². The predicted octanol–water partition coefficient (Wildman–Crippen LogP) is -1.58. The van der Waals surface area contributed by atoms with Gasteiger partial charge < -0.3 is 25.5 Å². The molecule has 0 rings (SSSR count). The van der Waals surface area contributed by atoms with E-state index in [2.05, 4.69) is 0 Å². The SMILES string of the molecule is CCC(CO)(CO)CO.O=C(O)CO. The molecule has 0 aromatic rings. The van der Waals surface area contributed by atoms with E-state index in [1.54, 1.807) is 0 Å². The molecule has 0 amide bonds. The van der Waals surface area contributed by atoms with Gasteiger partial charge in [-0.05, 0) is 6.42 Å². The number of aliphatic hydroxyl groups is 4. The van der Waals surface area contributed by atoms with Crippen molar-refractivity contribution in [1.82, 2.24) is 0 Å². The Hall–Kier alpha value is -0.690. The van der Waals surface area contributed by atoms with Crippen LogP contribution in [0, 0.1) is 5.41 Å². The number of aliphatic hydroxyl groups excluding tert-OH is 4. The second-order valence-electron chi connectivity index (χ2n) is 2.88. The minimum Gasteiger partial charge on any atom is -0.480 e. The first kappa shape index (κ1) is 15.8. The van der Waals surface area contributed by atoms with E-state index < -0.39 is 18.0 Å². The molecule has 0 aromatic heterocycles. The molecule has 0 heterocycles. The van der Waals surface area contributed by atoms with Crippen LogP contribution < -0.4 is 0 Å². The number of rotatable bonds is 5. The van der Waals surface area contributed by atoms with Crippen molar-refractivity contribution >= 4 is 5.97 Å². The minimum absolute atomic E-state index is 0.156. The first-order valence-corrected chi connectivity index (χ1v) is 4.17. The van der Waals surface area contributed by atoms with E-state index in [-0.39, 0.29) is 19.8 Å². The molecule has 0 unspecified atom stereocenters. The highest BCUT2D eigenvalue weighted by Crippen LogP contribution is 2.18. The Kier molecular flexibility index (Phi) is 10.0. The molecule has 0 aromatic carbocycles. The Morgan fingerprint density at radius 2 is 1.36 bits per heavy atom. The lowest BCUT2D eigenvalue weighted by Gasteiger charge is -2.24. The normalized spacial score (nSPS) is 10.4. The van der Waals surface area contributed by atoms with Crippen LogP contribution in [-0.4, -0.2) is 57.9 Å². The van der Waals surface area contributed by atoms with Crippen LogP contribution in [0.5, 0.6) is 0 Å². The maximum Gasteiger partial charge on any atom is 0.329 e. The summed E-state index contributed by atoms with van der Waals surface area (Å²) in [5, 5.41) is 41.0. The van der Waals surface area contributed by atoms with E-state index in [0.717, 1.165) is 0 Å². The monoisotopic (exact) mass is 210 g/mol. The molecule has 0 fully saturated rings. The van der Waals surface area contributed by atoms with Crippen molar-refractivity contribution in [3.63, 3.8) is 0 Å².